The average Bonchev–Trinajstić information content (AvgIpc) is 2.40. The van der Waals surface area contributed by atoms with Gasteiger partial charge >= 0.3 is 0 Å². The lowest BCUT2D eigenvalue weighted by molar-refractivity contribution is 0.0518. The van der Waals surface area contributed by atoms with Crippen LogP contribution in [0.15, 0.2) is 30.3 Å². The summed E-state index contributed by atoms with van der Waals surface area (Å²) in [5, 5.41) is 0. The molecule has 100 valence electrons. The Morgan fingerprint density at radius 3 is 2.61 bits per heavy atom. The Morgan fingerprint density at radius 1 is 1.22 bits per heavy atom. The van der Waals surface area contributed by atoms with E-state index in [1.807, 2.05) is 0 Å². The molecule has 1 fully saturated rings. The predicted octanol–water partition coefficient (Wildman–Crippen LogP) is 3.03. The zero-order valence-corrected chi connectivity index (χ0v) is 11.7. The van der Waals surface area contributed by atoms with Gasteiger partial charge in [-0.25, -0.2) is 0 Å². The number of rotatable bonds is 4. The van der Waals surface area contributed by atoms with E-state index in [4.69, 9.17) is 5.73 Å². The summed E-state index contributed by atoms with van der Waals surface area (Å²) >= 11 is 0. The molecule has 2 rings (SSSR count). The van der Waals surface area contributed by atoms with Gasteiger partial charge in [0, 0.05) is 12.6 Å². The molecule has 1 aromatic rings. The minimum atomic E-state index is 0.217. The van der Waals surface area contributed by atoms with Crippen molar-refractivity contribution in [2.75, 3.05) is 13.1 Å². The van der Waals surface area contributed by atoms with Crippen LogP contribution in [0.2, 0.25) is 0 Å². The third kappa shape index (κ3) is 3.12. The third-order valence-corrected chi connectivity index (χ3v) is 4.27. The topological polar surface area (TPSA) is 29.3 Å². The summed E-state index contributed by atoms with van der Waals surface area (Å²) in [6, 6.07) is 11.4. The van der Waals surface area contributed by atoms with Gasteiger partial charge in [0.2, 0.25) is 0 Å². The molecule has 18 heavy (non-hydrogen) atoms. The van der Waals surface area contributed by atoms with Gasteiger partial charge in [-0.05, 0) is 36.9 Å². The van der Waals surface area contributed by atoms with Crippen molar-refractivity contribution in [3.8, 4) is 0 Å². The molecule has 0 spiro atoms. The molecule has 1 unspecified atom stereocenters. The molecule has 1 saturated heterocycles. The Hall–Kier alpha value is -0.860. The maximum Gasteiger partial charge on any atom is 0.0236 e. The van der Waals surface area contributed by atoms with Crippen molar-refractivity contribution >= 4 is 0 Å². The van der Waals surface area contributed by atoms with Crippen LogP contribution in [0, 0.1) is 5.41 Å². The first-order chi connectivity index (χ1) is 8.63. The van der Waals surface area contributed by atoms with Crippen LogP contribution >= 0.6 is 0 Å². The first-order valence-corrected chi connectivity index (χ1v) is 7.11. The van der Waals surface area contributed by atoms with Crippen molar-refractivity contribution < 1.29 is 0 Å². The van der Waals surface area contributed by atoms with E-state index in [2.05, 4.69) is 49.1 Å². The fourth-order valence-electron chi connectivity index (χ4n) is 3.02. The second-order valence-corrected chi connectivity index (χ2v) is 6.16. The molecule has 2 N–H and O–H groups in total. The number of benzene rings is 1. The number of nitrogens with zero attached hydrogens (tertiary/aromatic N) is 1. The van der Waals surface area contributed by atoms with E-state index in [9.17, 15) is 0 Å². The Labute approximate surface area is 111 Å². The van der Waals surface area contributed by atoms with Crippen LogP contribution in [0.3, 0.4) is 0 Å². The summed E-state index contributed by atoms with van der Waals surface area (Å²) in [6.45, 7) is 7.66. The van der Waals surface area contributed by atoms with Crippen LogP contribution < -0.4 is 5.73 Å². The van der Waals surface area contributed by atoms with Crippen LogP contribution in [0.1, 0.15) is 38.7 Å². The lowest BCUT2D eigenvalue weighted by Crippen LogP contribution is -2.50. The molecule has 0 aromatic heterocycles. The Bertz CT molecular complexity index is 359. The van der Waals surface area contributed by atoms with Crippen molar-refractivity contribution in [1.82, 2.24) is 4.90 Å². The van der Waals surface area contributed by atoms with E-state index >= 15 is 0 Å². The molecule has 1 aromatic carbocycles. The van der Waals surface area contributed by atoms with E-state index in [0.29, 0.717) is 6.04 Å². The van der Waals surface area contributed by atoms with Gasteiger partial charge in [0.1, 0.15) is 0 Å². The summed E-state index contributed by atoms with van der Waals surface area (Å²) in [5.41, 5.74) is 7.60. The second-order valence-electron chi connectivity index (χ2n) is 6.16. The average molecular weight is 246 g/mol. The number of hydrogen-bond donors (Lipinski definition) is 1. The van der Waals surface area contributed by atoms with Gasteiger partial charge in [0.25, 0.3) is 0 Å². The highest BCUT2D eigenvalue weighted by Crippen LogP contribution is 2.32. The molecule has 0 amide bonds. The molecule has 0 radical (unpaired) electrons. The summed E-state index contributed by atoms with van der Waals surface area (Å²) in [7, 11) is 0. The van der Waals surface area contributed by atoms with E-state index < -0.39 is 0 Å². The summed E-state index contributed by atoms with van der Waals surface area (Å²) in [6.07, 6.45) is 3.96. The van der Waals surface area contributed by atoms with Crippen LogP contribution in [-0.2, 0) is 6.54 Å². The van der Waals surface area contributed by atoms with Crippen molar-refractivity contribution in [2.45, 2.75) is 45.7 Å². The highest BCUT2D eigenvalue weighted by Gasteiger charge is 2.34. The Kier molecular flexibility index (Phi) is 4.41. The standard InChI is InChI=1S/C16H26N2/c1-16(2,13-17)15-10-6-7-11-18(15)12-14-8-4-3-5-9-14/h3-5,8-9,15H,6-7,10-13,17H2,1-2H3. The molecule has 1 aliphatic heterocycles. The van der Waals surface area contributed by atoms with E-state index in [-0.39, 0.29) is 5.41 Å². The van der Waals surface area contributed by atoms with E-state index in [1.165, 1.54) is 31.4 Å². The van der Waals surface area contributed by atoms with Gasteiger partial charge in [-0.15, -0.1) is 0 Å². The van der Waals surface area contributed by atoms with Crippen molar-refractivity contribution in [2.24, 2.45) is 11.1 Å². The van der Waals surface area contributed by atoms with Crippen molar-refractivity contribution in [3.05, 3.63) is 35.9 Å². The van der Waals surface area contributed by atoms with Crippen molar-refractivity contribution in [3.63, 3.8) is 0 Å². The van der Waals surface area contributed by atoms with Crippen LogP contribution in [-0.4, -0.2) is 24.0 Å². The number of likely N-dealkylation sites (tertiary alicyclic amines) is 1. The first-order valence-electron chi connectivity index (χ1n) is 7.11. The monoisotopic (exact) mass is 246 g/mol. The maximum absolute atomic E-state index is 5.97. The molecular formula is C16H26N2. The SMILES string of the molecule is CC(C)(CN)C1CCCCN1Cc1ccccc1. The van der Waals surface area contributed by atoms with Gasteiger partial charge in [-0.3, -0.25) is 4.90 Å². The number of hydrogen-bond acceptors (Lipinski definition) is 2. The normalized spacial score (nSPS) is 22.1. The Balaban J connectivity index is 2.09. The molecule has 0 saturated carbocycles. The third-order valence-electron chi connectivity index (χ3n) is 4.27. The zero-order chi connectivity index (χ0) is 13.0. The minimum Gasteiger partial charge on any atom is -0.330 e. The molecule has 1 atom stereocenters. The van der Waals surface area contributed by atoms with Crippen molar-refractivity contribution in [1.29, 1.82) is 0 Å². The minimum absolute atomic E-state index is 0.217. The smallest absolute Gasteiger partial charge is 0.0236 e. The van der Waals surface area contributed by atoms with Gasteiger partial charge in [0.15, 0.2) is 0 Å². The van der Waals surface area contributed by atoms with E-state index in [0.717, 1.165) is 13.1 Å². The lowest BCUT2D eigenvalue weighted by Gasteiger charge is -2.44. The van der Waals surface area contributed by atoms with Gasteiger partial charge < -0.3 is 5.73 Å². The highest BCUT2D eigenvalue weighted by molar-refractivity contribution is 5.15. The molecule has 1 heterocycles. The number of piperidine rings is 1. The first kappa shape index (κ1) is 13.6. The summed E-state index contributed by atoms with van der Waals surface area (Å²) in [4.78, 5) is 2.63. The molecule has 2 nitrogen and oxygen atoms in total. The molecule has 1 aliphatic rings. The quantitative estimate of drug-likeness (QED) is 0.885. The largest absolute Gasteiger partial charge is 0.330 e. The maximum atomic E-state index is 5.97. The van der Waals surface area contributed by atoms with Gasteiger partial charge in [-0.1, -0.05) is 50.6 Å². The summed E-state index contributed by atoms with van der Waals surface area (Å²) in [5.74, 6) is 0. The molecule has 2 heteroatoms. The fourth-order valence-corrected chi connectivity index (χ4v) is 3.02. The van der Waals surface area contributed by atoms with Gasteiger partial charge in [-0.2, -0.15) is 0 Å². The number of nitrogens with two attached hydrogens (primary N) is 1. The molecule has 0 aliphatic carbocycles. The zero-order valence-electron chi connectivity index (χ0n) is 11.7. The second kappa shape index (κ2) is 5.85. The molecule has 0 bridgehead atoms. The lowest BCUT2D eigenvalue weighted by atomic mass is 9.79. The van der Waals surface area contributed by atoms with Crippen LogP contribution in [0.4, 0.5) is 0 Å². The van der Waals surface area contributed by atoms with E-state index in [1.54, 1.807) is 0 Å². The van der Waals surface area contributed by atoms with Crippen LogP contribution in [0.25, 0.3) is 0 Å². The van der Waals surface area contributed by atoms with Crippen LogP contribution in [0.5, 0.6) is 0 Å². The summed E-state index contributed by atoms with van der Waals surface area (Å²) < 4.78 is 0. The highest BCUT2D eigenvalue weighted by atomic mass is 15.2. The fraction of sp³-hybridized carbons (Fsp3) is 0.625. The Morgan fingerprint density at radius 2 is 1.94 bits per heavy atom. The predicted molar refractivity (Wildman–Crippen MR) is 77.3 cm³/mol. The van der Waals surface area contributed by atoms with Gasteiger partial charge in [0.05, 0.1) is 0 Å². The molecular weight excluding hydrogens is 220 g/mol.